The molecule has 13 heteroatoms. The number of carbonyl (C=O) groups excluding carboxylic acids is 1. The number of aromatic nitrogens is 3. The zero-order valence-corrected chi connectivity index (χ0v) is 23.5. The van der Waals surface area contributed by atoms with Crippen molar-refractivity contribution in [2.75, 3.05) is 43.5 Å². The van der Waals surface area contributed by atoms with Gasteiger partial charge in [-0.3, -0.25) is 9.36 Å². The first kappa shape index (κ1) is 29.8. The van der Waals surface area contributed by atoms with Crippen LogP contribution in [0.2, 0.25) is 0 Å². The van der Waals surface area contributed by atoms with Crippen molar-refractivity contribution in [2.24, 2.45) is 5.92 Å². The molecular weight excluding hydrogens is 563 g/mol. The van der Waals surface area contributed by atoms with Gasteiger partial charge in [0.15, 0.2) is 17.5 Å². The summed E-state index contributed by atoms with van der Waals surface area (Å²) >= 11 is 0. The van der Waals surface area contributed by atoms with Crippen LogP contribution >= 0.6 is 0 Å². The van der Waals surface area contributed by atoms with Crippen LogP contribution < -0.4 is 16.0 Å². The highest BCUT2D eigenvalue weighted by Gasteiger charge is 2.26. The molecule has 1 unspecified atom stereocenters. The van der Waals surface area contributed by atoms with Crippen LogP contribution in [0.1, 0.15) is 42.4 Å². The van der Waals surface area contributed by atoms with E-state index >= 15 is 4.39 Å². The molecule has 0 radical (unpaired) electrons. The van der Waals surface area contributed by atoms with Crippen molar-refractivity contribution in [1.82, 2.24) is 20.1 Å². The third-order valence-corrected chi connectivity index (χ3v) is 7.35. The number of halogens is 3. The van der Waals surface area contributed by atoms with E-state index in [-0.39, 0.29) is 58.5 Å². The number of nitrogen functional groups attached to an aromatic ring is 1. The number of benzene rings is 2. The number of nitrogens with two attached hydrogens (primary N) is 1. The number of nitrogens with zero attached hydrogens (tertiary/aromatic N) is 4. The van der Waals surface area contributed by atoms with Crippen LogP contribution in [0.5, 0.6) is 5.75 Å². The lowest BCUT2D eigenvalue weighted by atomic mass is 9.90. The van der Waals surface area contributed by atoms with E-state index in [1.54, 1.807) is 12.1 Å². The van der Waals surface area contributed by atoms with Gasteiger partial charge in [0.25, 0.3) is 5.91 Å². The van der Waals surface area contributed by atoms with Gasteiger partial charge < -0.3 is 31.2 Å². The smallest absolute Gasteiger partial charge is 0.289 e. The van der Waals surface area contributed by atoms with Gasteiger partial charge in [-0.25, -0.2) is 13.2 Å². The Morgan fingerprint density at radius 1 is 1.16 bits per heavy atom. The fourth-order valence-corrected chi connectivity index (χ4v) is 5.13. The van der Waals surface area contributed by atoms with Crippen LogP contribution in [0, 0.1) is 17.1 Å². The third-order valence-electron chi connectivity index (χ3n) is 7.35. The molecule has 2 heterocycles. The number of phenolic OH excluding ortho intramolecular Hbond substituents is 1. The van der Waals surface area contributed by atoms with Crippen LogP contribution in [0.3, 0.4) is 0 Å². The lowest BCUT2D eigenvalue weighted by Gasteiger charge is -2.29. The molecule has 0 saturated carbocycles. The van der Waals surface area contributed by atoms with Gasteiger partial charge in [-0.15, -0.1) is 10.2 Å². The Labute approximate surface area is 246 Å². The minimum absolute atomic E-state index is 0.0142. The van der Waals surface area contributed by atoms with E-state index in [1.807, 2.05) is 11.8 Å². The summed E-state index contributed by atoms with van der Waals surface area (Å²) in [6.45, 7) is 4.28. The SMILES string of the molecule is CCCNC(=O)c1nnc(-c2cc(C(=N)CC3C=C(F)C(F)=CC3)c(N)cc2O)n1-c1ccc(N2CCOCC2)c(F)c1. The maximum Gasteiger partial charge on any atom is 0.289 e. The second-order valence-electron chi connectivity index (χ2n) is 10.4. The van der Waals surface area contributed by atoms with Gasteiger partial charge in [-0.05, 0) is 55.5 Å². The first-order valence-electron chi connectivity index (χ1n) is 14.0. The number of carbonyl (C=O) groups is 1. The molecule has 226 valence electrons. The van der Waals surface area contributed by atoms with Crippen molar-refractivity contribution in [3.05, 3.63) is 71.3 Å². The lowest BCUT2D eigenvalue weighted by Crippen LogP contribution is -2.36. The molecule has 10 nitrogen and oxygen atoms in total. The highest BCUT2D eigenvalue weighted by molar-refractivity contribution is 6.04. The molecule has 1 atom stereocenters. The molecule has 1 aliphatic heterocycles. The molecule has 1 aromatic heterocycles. The number of amides is 1. The zero-order chi connectivity index (χ0) is 30.7. The minimum atomic E-state index is -0.975. The van der Waals surface area contributed by atoms with Crippen molar-refractivity contribution in [3.8, 4) is 22.8 Å². The van der Waals surface area contributed by atoms with Crippen molar-refractivity contribution in [2.45, 2.75) is 26.2 Å². The summed E-state index contributed by atoms with van der Waals surface area (Å²) in [4.78, 5) is 15.0. The largest absolute Gasteiger partial charge is 0.507 e. The Balaban J connectivity index is 1.56. The van der Waals surface area contributed by atoms with Crippen molar-refractivity contribution in [1.29, 1.82) is 5.41 Å². The number of morpholine rings is 1. The molecule has 2 aliphatic rings. The van der Waals surface area contributed by atoms with Crippen LogP contribution in [-0.2, 0) is 4.74 Å². The molecule has 0 spiro atoms. The lowest BCUT2D eigenvalue weighted by molar-refractivity contribution is 0.0941. The Kier molecular flexibility index (Phi) is 8.81. The highest BCUT2D eigenvalue weighted by Crippen LogP contribution is 2.36. The van der Waals surface area contributed by atoms with E-state index in [2.05, 4.69) is 15.5 Å². The minimum Gasteiger partial charge on any atom is -0.507 e. The normalized spacial score (nSPS) is 16.9. The maximum atomic E-state index is 15.5. The summed E-state index contributed by atoms with van der Waals surface area (Å²) in [5, 5.41) is 30.6. The average molecular weight is 596 g/mol. The molecule has 1 amide bonds. The summed E-state index contributed by atoms with van der Waals surface area (Å²) in [6.07, 6.45) is 3.20. The summed E-state index contributed by atoms with van der Waals surface area (Å²) in [6, 6.07) is 7.17. The monoisotopic (exact) mass is 595 g/mol. The van der Waals surface area contributed by atoms with Gasteiger partial charge in [0, 0.05) is 48.7 Å². The van der Waals surface area contributed by atoms with E-state index in [0.717, 1.165) is 12.2 Å². The number of hydrogen-bond donors (Lipinski definition) is 4. The molecule has 0 bridgehead atoms. The van der Waals surface area contributed by atoms with Crippen LogP contribution in [0.4, 0.5) is 24.5 Å². The fraction of sp³-hybridized carbons (Fsp3) is 0.333. The Bertz CT molecular complexity index is 1610. The summed E-state index contributed by atoms with van der Waals surface area (Å²) in [5.41, 5.74) is 7.21. The Morgan fingerprint density at radius 2 is 1.93 bits per heavy atom. The van der Waals surface area contributed by atoms with Gasteiger partial charge in [-0.1, -0.05) is 6.92 Å². The van der Waals surface area contributed by atoms with E-state index in [0.29, 0.717) is 45.0 Å². The molecule has 2 aromatic carbocycles. The number of nitrogens with one attached hydrogen (secondary N) is 2. The number of allylic oxidation sites excluding steroid dienone is 4. The van der Waals surface area contributed by atoms with E-state index in [4.69, 9.17) is 15.9 Å². The molecule has 43 heavy (non-hydrogen) atoms. The summed E-state index contributed by atoms with van der Waals surface area (Å²) in [7, 11) is 0. The zero-order valence-electron chi connectivity index (χ0n) is 23.5. The van der Waals surface area contributed by atoms with Gasteiger partial charge in [0.05, 0.1) is 30.2 Å². The average Bonchev–Trinajstić information content (AvgIpc) is 3.43. The third kappa shape index (κ3) is 6.26. The topological polar surface area (TPSA) is 142 Å². The van der Waals surface area contributed by atoms with E-state index in [9.17, 15) is 18.7 Å². The maximum absolute atomic E-state index is 15.5. The van der Waals surface area contributed by atoms with Crippen molar-refractivity contribution in [3.63, 3.8) is 0 Å². The van der Waals surface area contributed by atoms with Crippen LogP contribution in [-0.4, -0.2) is 64.3 Å². The van der Waals surface area contributed by atoms with Gasteiger partial charge >= 0.3 is 0 Å². The summed E-state index contributed by atoms with van der Waals surface area (Å²) in [5.74, 6) is -3.86. The highest BCUT2D eigenvalue weighted by atomic mass is 19.2. The second kappa shape index (κ2) is 12.7. The Morgan fingerprint density at radius 3 is 2.63 bits per heavy atom. The second-order valence-corrected chi connectivity index (χ2v) is 10.4. The number of ether oxygens (including phenoxy) is 1. The Hall–Kier alpha value is -4.65. The first-order chi connectivity index (χ1) is 20.7. The number of phenols is 1. The molecule has 5 N–H and O–H groups in total. The van der Waals surface area contributed by atoms with Crippen LogP contribution in [0.25, 0.3) is 17.1 Å². The van der Waals surface area contributed by atoms with Crippen molar-refractivity contribution < 1.29 is 27.8 Å². The summed E-state index contributed by atoms with van der Waals surface area (Å²) < 4.78 is 49.4. The number of rotatable bonds is 9. The van der Waals surface area contributed by atoms with Crippen LogP contribution in [0.15, 0.2) is 54.1 Å². The van der Waals surface area contributed by atoms with Gasteiger partial charge in [0.2, 0.25) is 5.82 Å². The predicted octanol–water partition coefficient (Wildman–Crippen LogP) is 4.82. The molecular formula is C30H32F3N7O3. The molecule has 1 aliphatic carbocycles. The quantitative estimate of drug-likeness (QED) is 0.205. The molecule has 1 fully saturated rings. The number of hydrogen-bond acceptors (Lipinski definition) is 8. The van der Waals surface area contributed by atoms with Crippen molar-refractivity contribution >= 4 is 23.0 Å². The standard InChI is InChI=1S/C30H32F3N7O3/c1-2-7-36-30(42)29-38-37-28(40(29)18-4-6-26(23(33)14-18)39-8-10-43-11-9-39)20-15-19(25(35)16-27(20)41)24(34)13-17-3-5-21(31)22(32)12-17/h4-6,12,14-17,34,41H,2-3,7-11,13,35H2,1H3,(H,36,42). The fourth-order valence-electron chi connectivity index (χ4n) is 5.13. The number of anilines is 2. The van der Waals surface area contributed by atoms with E-state index in [1.165, 1.54) is 22.8 Å². The molecule has 1 saturated heterocycles. The van der Waals surface area contributed by atoms with E-state index < -0.39 is 29.3 Å². The molecule has 5 rings (SSSR count). The first-order valence-corrected chi connectivity index (χ1v) is 14.0. The van der Waals surface area contributed by atoms with Gasteiger partial charge in [-0.2, -0.15) is 0 Å². The number of aromatic hydroxyl groups is 1. The predicted molar refractivity (Wildman–Crippen MR) is 156 cm³/mol. The molecule has 3 aromatic rings. The van der Waals surface area contributed by atoms with Gasteiger partial charge in [0.1, 0.15) is 11.6 Å².